The van der Waals surface area contributed by atoms with Gasteiger partial charge >= 0.3 is 7.12 Å². The summed E-state index contributed by atoms with van der Waals surface area (Å²) in [6.45, 7) is 22.1. The van der Waals surface area contributed by atoms with Crippen LogP contribution in [0.25, 0.3) is 10.8 Å². The van der Waals surface area contributed by atoms with E-state index >= 15 is 0 Å². The summed E-state index contributed by atoms with van der Waals surface area (Å²) >= 11 is 0. The van der Waals surface area contributed by atoms with Crippen molar-refractivity contribution in [1.29, 1.82) is 0 Å². The summed E-state index contributed by atoms with van der Waals surface area (Å²) in [7, 11) is -2.41. The minimum absolute atomic E-state index is 0.351. The van der Waals surface area contributed by atoms with Crippen molar-refractivity contribution < 1.29 is 13.7 Å². The molecule has 1 fully saturated rings. The lowest BCUT2D eigenvalue weighted by Gasteiger charge is -2.41. The van der Waals surface area contributed by atoms with Crippen LogP contribution in [0.2, 0.25) is 16.6 Å². The van der Waals surface area contributed by atoms with E-state index in [1.807, 2.05) is 6.20 Å². The molecule has 3 rings (SSSR count). The topological polar surface area (TPSA) is 40.6 Å². The highest BCUT2D eigenvalue weighted by molar-refractivity contribution is 6.78. The molecule has 1 aromatic heterocycles. The predicted octanol–water partition coefficient (Wildman–Crippen LogP) is 6.09. The molecule has 2 heterocycles. The van der Waals surface area contributed by atoms with Gasteiger partial charge in [-0.3, -0.25) is 0 Å². The van der Waals surface area contributed by atoms with E-state index in [4.69, 9.17) is 13.7 Å². The van der Waals surface area contributed by atoms with Crippen molar-refractivity contribution in [2.75, 3.05) is 0 Å². The van der Waals surface area contributed by atoms with Crippen LogP contribution in [0.5, 0.6) is 5.88 Å². The van der Waals surface area contributed by atoms with Crippen LogP contribution in [0.3, 0.4) is 0 Å². The van der Waals surface area contributed by atoms with Crippen LogP contribution in [0.15, 0.2) is 30.5 Å². The second-order valence-corrected chi connectivity index (χ2v) is 16.0. The molecule has 0 atom stereocenters. The van der Waals surface area contributed by atoms with Gasteiger partial charge in [-0.1, -0.05) is 59.7 Å². The van der Waals surface area contributed by atoms with Crippen molar-refractivity contribution in [3.05, 3.63) is 30.5 Å². The Kier molecular flexibility index (Phi) is 6.18. The third kappa shape index (κ3) is 3.94. The monoisotopic (exact) mass is 427 g/mol. The summed E-state index contributed by atoms with van der Waals surface area (Å²) in [5.74, 6) is 0.733. The molecule has 0 amide bonds. The highest BCUT2D eigenvalue weighted by Gasteiger charge is 2.51. The molecule has 1 saturated heterocycles. The Morgan fingerprint density at radius 3 is 1.87 bits per heavy atom. The van der Waals surface area contributed by atoms with Gasteiger partial charge in [0, 0.05) is 17.6 Å². The average molecular weight is 427 g/mol. The normalized spacial score (nSPS) is 18.8. The smallest absolute Gasteiger partial charge is 0.494 e. The molecule has 164 valence electrons. The lowest BCUT2D eigenvalue weighted by molar-refractivity contribution is 0.00578. The van der Waals surface area contributed by atoms with Crippen molar-refractivity contribution in [3.63, 3.8) is 0 Å². The van der Waals surface area contributed by atoms with Crippen molar-refractivity contribution >= 4 is 31.7 Å². The molecule has 1 aliphatic heterocycles. The average Bonchev–Trinajstić information content (AvgIpc) is 2.85. The molecule has 1 aliphatic rings. The van der Waals surface area contributed by atoms with E-state index < -0.39 is 8.32 Å². The van der Waals surface area contributed by atoms with Gasteiger partial charge in [0.1, 0.15) is 0 Å². The van der Waals surface area contributed by atoms with E-state index in [0.29, 0.717) is 16.6 Å². The molecule has 2 aromatic rings. The lowest BCUT2D eigenvalue weighted by atomic mass is 9.78. The van der Waals surface area contributed by atoms with E-state index in [-0.39, 0.29) is 18.3 Å². The molecule has 1 aromatic carbocycles. The van der Waals surface area contributed by atoms with Gasteiger partial charge in [-0.2, -0.15) is 0 Å². The lowest BCUT2D eigenvalue weighted by Crippen LogP contribution is -2.50. The number of rotatable bonds is 6. The van der Waals surface area contributed by atoms with Crippen LogP contribution >= 0.6 is 0 Å². The highest BCUT2D eigenvalue weighted by atomic mass is 28.4. The molecule has 30 heavy (non-hydrogen) atoms. The van der Waals surface area contributed by atoms with E-state index in [9.17, 15) is 0 Å². The first-order valence-electron chi connectivity index (χ1n) is 11.2. The Hall–Kier alpha value is -1.37. The number of hydrogen-bond acceptors (Lipinski definition) is 4. The number of hydrogen-bond donors (Lipinski definition) is 0. The first-order chi connectivity index (χ1) is 13.8. The second-order valence-electron chi connectivity index (χ2n) is 10.6. The fraction of sp³-hybridized carbons (Fsp3) is 0.625. The molecule has 0 radical (unpaired) electrons. The molecule has 0 aliphatic carbocycles. The van der Waals surface area contributed by atoms with Crippen molar-refractivity contribution in [3.8, 4) is 5.88 Å². The zero-order valence-corrected chi connectivity index (χ0v) is 21.4. The third-order valence-corrected chi connectivity index (χ3v) is 13.2. The fourth-order valence-corrected chi connectivity index (χ4v) is 10.0. The second kappa shape index (κ2) is 7.96. The van der Waals surface area contributed by atoms with Crippen LogP contribution in [-0.2, 0) is 9.31 Å². The number of aromatic nitrogens is 1. The minimum Gasteiger partial charge on any atom is -0.530 e. The first kappa shape index (κ1) is 23.3. The van der Waals surface area contributed by atoms with Crippen molar-refractivity contribution in [1.82, 2.24) is 4.98 Å². The summed E-state index contributed by atoms with van der Waals surface area (Å²) in [5, 5.41) is 2.19. The Morgan fingerprint density at radius 1 is 0.833 bits per heavy atom. The van der Waals surface area contributed by atoms with E-state index in [0.717, 1.165) is 22.1 Å². The van der Waals surface area contributed by atoms with Crippen LogP contribution in [0.1, 0.15) is 69.2 Å². The van der Waals surface area contributed by atoms with Crippen molar-refractivity contribution in [2.24, 2.45) is 0 Å². The Morgan fingerprint density at radius 2 is 1.37 bits per heavy atom. The van der Waals surface area contributed by atoms with Crippen molar-refractivity contribution in [2.45, 2.75) is 97.1 Å². The summed E-state index contributed by atoms with van der Waals surface area (Å²) in [6.07, 6.45) is 1.92. The molecule has 0 N–H and O–H groups in total. The van der Waals surface area contributed by atoms with Crippen LogP contribution < -0.4 is 9.89 Å². The van der Waals surface area contributed by atoms with Crippen LogP contribution in [0, 0.1) is 0 Å². The first-order valence-corrected chi connectivity index (χ1v) is 13.4. The Labute approximate surface area is 184 Å². The van der Waals surface area contributed by atoms with E-state index in [1.54, 1.807) is 0 Å². The maximum absolute atomic E-state index is 6.79. The molecule has 0 saturated carbocycles. The molecule has 0 unspecified atom stereocenters. The van der Waals surface area contributed by atoms with Gasteiger partial charge in [-0.15, -0.1) is 0 Å². The summed E-state index contributed by atoms with van der Waals surface area (Å²) < 4.78 is 19.3. The molecule has 0 spiro atoms. The number of nitrogens with zero attached hydrogens (tertiary/aromatic N) is 1. The molecule has 6 heteroatoms. The molecular weight excluding hydrogens is 389 g/mol. The SMILES string of the molecule is CC(C)[Si](Oc1cc2cc(B3OC(C)(C)C(C)(C)O3)ccc2cn1)(C(C)C)C(C)C. The van der Waals surface area contributed by atoms with E-state index in [2.05, 4.69) is 98.5 Å². The van der Waals surface area contributed by atoms with Crippen LogP contribution in [-0.4, -0.2) is 31.6 Å². The van der Waals surface area contributed by atoms with Gasteiger partial charge < -0.3 is 13.7 Å². The zero-order chi connectivity index (χ0) is 22.5. The maximum atomic E-state index is 6.79. The van der Waals surface area contributed by atoms with Crippen LogP contribution in [0.4, 0.5) is 0 Å². The largest absolute Gasteiger partial charge is 0.530 e. The third-order valence-electron chi connectivity index (χ3n) is 7.23. The van der Waals surface area contributed by atoms with Gasteiger partial charge in [0.2, 0.25) is 0 Å². The zero-order valence-electron chi connectivity index (χ0n) is 20.4. The number of benzene rings is 1. The number of pyridine rings is 1. The van der Waals surface area contributed by atoms with Gasteiger partial charge in [-0.05, 0) is 55.2 Å². The number of fused-ring (bicyclic) bond motifs is 1. The Balaban J connectivity index is 1.96. The summed E-state index contributed by atoms with van der Waals surface area (Å²) in [5.41, 5.74) is 1.84. The Bertz CT molecular complexity index is 873. The summed E-state index contributed by atoms with van der Waals surface area (Å²) in [6, 6.07) is 8.39. The minimum atomic E-state index is -2.04. The predicted molar refractivity (Wildman–Crippen MR) is 129 cm³/mol. The fourth-order valence-electron chi connectivity index (χ4n) is 4.86. The molecule has 0 bridgehead atoms. The van der Waals surface area contributed by atoms with Gasteiger partial charge in [-0.25, -0.2) is 4.98 Å². The van der Waals surface area contributed by atoms with Gasteiger partial charge in [0.25, 0.3) is 8.32 Å². The molecule has 4 nitrogen and oxygen atoms in total. The quantitative estimate of drug-likeness (QED) is 0.523. The van der Waals surface area contributed by atoms with Gasteiger partial charge in [0.15, 0.2) is 5.88 Å². The molecular formula is C24H38BNO3Si. The maximum Gasteiger partial charge on any atom is 0.494 e. The standard InChI is InChI=1S/C24H38BNO3Si/c1-16(2)30(17(3)4,18(5)6)27-22-14-20-13-21(12-11-19(20)15-26-22)25-28-23(7,8)24(9,10)29-25/h11-18H,1-10H3. The van der Waals surface area contributed by atoms with Gasteiger partial charge in [0.05, 0.1) is 11.2 Å². The highest BCUT2D eigenvalue weighted by Crippen LogP contribution is 2.42. The summed E-state index contributed by atoms with van der Waals surface area (Å²) in [4.78, 5) is 4.66. The van der Waals surface area contributed by atoms with E-state index in [1.165, 1.54) is 0 Å².